The highest BCUT2D eigenvalue weighted by atomic mass is 19.4. The summed E-state index contributed by atoms with van der Waals surface area (Å²) in [5.41, 5.74) is 1.73. The summed E-state index contributed by atoms with van der Waals surface area (Å²) in [4.78, 5) is 6.84. The maximum Gasteiger partial charge on any atom is 0.573 e. The summed E-state index contributed by atoms with van der Waals surface area (Å²) in [5.74, 6) is -0.536. The van der Waals surface area contributed by atoms with Crippen LogP contribution in [0.15, 0.2) is 45.2 Å². The lowest BCUT2D eigenvalue weighted by Crippen LogP contribution is -2.16. The monoisotopic (exact) mass is 484 g/mol. The Labute approximate surface area is 200 Å². The first kappa shape index (κ1) is 22.6. The summed E-state index contributed by atoms with van der Waals surface area (Å²) in [7, 11) is 0. The van der Waals surface area contributed by atoms with Crippen LogP contribution in [0.5, 0.6) is 5.75 Å². The van der Waals surface area contributed by atoms with E-state index in [2.05, 4.69) is 14.4 Å². The second-order valence-electron chi connectivity index (χ2n) is 7.97. The molecule has 0 saturated carbocycles. The number of nitriles is 2. The van der Waals surface area contributed by atoms with Gasteiger partial charge in [-0.2, -0.15) is 10.5 Å². The maximum atomic E-state index is 12.8. The summed E-state index contributed by atoms with van der Waals surface area (Å²) in [6.45, 7) is 17.1. The van der Waals surface area contributed by atoms with Crippen LogP contribution in [0.3, 0.4) is 0 Å². The minimum absolute atomic E-state index is 0.0198. The van der Waals surface area contributed by atoms with Crippen molar-refractivity contribution in [3.63, 3.8) is 0 Å². The minimum Gasteiger partial charge on any atom is -0.455 e. The molecule has 0 aliphatic heterocycles. The highest BCUT2D eigenvalue weighted by molar-refractivity contribution is 6.20. The molecule has 7 nitrogen and oxygen atoms in total. The summed E-state index contributed by atoms with van der Waals surface area (Å²) >= 11 is 0. The number of benzene rings is 3. The van der Waals surface area contributed by atoms with Crippen LogP contribution in [0.25, 0.3) is 53.6 Å². The Morgan fingerprint density at radius 3 is 1.83 bits per heavy atom. The van der Waals surface area contributed by atoms with Gasteiger partial charge in [0.05, 0.1) is 0 Å². The Morgan fingerprint density at radius 1 is 0.861 bits per heavy atom. The topological polar surface area (TPSA) is 91.8 Å². The van der Waals surface area contributed by atoms with Crippen LogP contribution in [0, 0.1) is 42.7 Å². The zero-order valence-corrected chi connectivity index (χ0v) is 18.3. The second-order valence-corrected chi connectivity index (χ2v) is 7.97. The molecule has 0 aliphatic rings. The number of hydrogen-bond acceptors (Lipinski definition) is 5. The molecular weight excluding hydrogens is 473 g/mol. The van der Waals surface area contributed by atoms with E-state index in [1.807, 2.05) is 19.1 Å². The summed E-state index contributed by atoms with van der Waals surface area (Å²) in [5, 5.41) is 20.9. The summed E-state index contributed by atoms with van der Waals surface area (Å²) in [6, 6.07) is 9.86. The van der Waals surface area contributed by atoms with Gasteiger partial charge >= 0.3 is 18.4 Å². The number of halogens is 3. The Morgan fingerprint density at radius 2 is 1.36 bits per heavy atom. The molecular formula is C26H11F3N4O3. The Balaban J connectivity index is 2.05. The van der Waals surface area contributed by atoms with Crippen LogP contribution in [-0.4, -0.2) is 6.36 Å². The van der Waals surface area contributed by atoms with Gasteiger partial charge in [0.15, 0.2) is 12.1 Å². The third kappa shape index (κ3) is 3.33. The zero-order chi connectivity index (χ0) is 25.8. The lowest BCUT2D eigenvalue weighted by Gasteiger charge is -2.08. The number of alkyl halides is 3. The molecule has 5 rings (SSSR count). The van der Waals surface area contributed by atoms with Crippen LogP contribution in [0.4, 0.5) is 13.2 Å². The summed E-state index contributed by atoms with van der Waals surface area (Å²) < 4.78 is 54.4. The smallest absolute Gasteiger partial charge is 0.455 e. The third-order valence-corrected chi connectivity index (χ3v) is 5.82. The first-order valence-electron chi connectivity index (χ1n) is 10.3. The molecule has 0 bridgehead atoms. The van der Waals surface area contributed by atoms with Crippen LogP contribution in [0.1, 0.15) is 28.8 Å². The van der Waals surface area contributed by atoms with E-state index in [0.29, 0.717) is 16.4 Å². The van der Waals surface area contributed by atoms with E-state index in [1.54, 1.807) is 18.2 Å². The Hall–Kier alpha value is -5.19. The van der Waals surface area contributed by atoms with Crippen LogP contribution >= 0.6 is 0 Å². The molecule has 2 atom stereocenters. The van der Waals surface area contributed by atoms with Crippen molar-refractivity contribution in [1.29, 1.82) is 10.5 Å². The van der Waals surface area contributed by atoms with E-state index in [4.69, 9.17) is 22.0 Å². The quantitative estimate of drug-likeness (QED) is 0.245. The van der Waals surface area contributed by atoms with Crippen molar-refractivity contribution in [2.75, 3.05) is 0 Å². The van der Waals surface area contributed by atoms with Crippen molar-refractivity contribution in [2.45, 2.75) is 25.4 Å². The normalized spacial score (nSPS) is 13.2. The first-order valence-corrected chi connectivity index (χ1v) is 10.3. The molecule has 0 spiro atoms. The Bertz CT molecular complexity index is 1830. The minimum atomic E-state index is -4.93. The van der Waals surface area contributed by atoms with Gasteiger partial charge < -0.3 is 13.6 Å². The van der Waals surface area contributed by atoms with E-state index in [9.17, 15) is 23.7 Å². The van der Waals surface area contributed by atoms with Gasteiger partial charge in [0.25, 0.3) is 0 Å². The van der Waals surface area contributed by atoms with Gasteiger partial charge in [-0.05, 0) is 30.7 Å². The SMILES string of the molecule is [C-]#[N+]C(C#N)c1c2oc3cc(OC(F)(F)F)ccc3c2c(C(C#N)[N+]#[C-])c2oc3cc(C)ccc3c12. The van der Waals surface area contributed by atoms with E-state index in [1.165, 1.54) is 6.07 Å². The lowest BCUT2D eigenvalue weighted by atomic mass is 9.91. The number of rotatable bonds is 3. The number of aryl methyl sites for hydroxylation is 1. The van der Waals surface area contributed by atoms with Crippen LogP contribution in [0.2, 0.25) is 0 Å². The van der Waals surface area contributed by atoms with E-state index in [0.717, 1.165) is 17.7 Å². The molecule has 0 aliphatic carbocycles. The molecule has 0 amide bonds. The zero-order valence-electron chi connectivity index (χ0n) is 18.3. The molecule has 2 aromatic heterocycles. The average molecular weight is 484 g/mol. The molecule has 0 saturated heterocycles. The Kier molecular flexibility index (Phi) is 4.99. The molecule has 174 valence electrons. The fourth-order valence-corrected chi connectivity index (χ4v) is 4.46. The van der Waals surface area contributed by atoms with Gasteiger partial charge in [-0.1, -0.05) is 12.1 Å². The number of ether oxygens (including phenoxy) is 1. The van der Waals surface area contributed by atoms with E-state index in [-0.39, 0.29) is 38.6 Å². The summed E-state index contributed by atoms with van der Waals surface area (Å²) in [6.07, 6.45) is -4.93. The van der Waals surface area contributed by atoms with Gasteiger partial charge in [0.1, 0.15) is 39.2 Å². The maximum absolute atomic E-state index is 12.8. The molecule has 0 fully saturated rings. The van der Waals surface area contributed by atoms with Gasteiger partial charge in [-0.15, -0.1) is 13.2 Å². The number of nitrogens with zero attached hydrogens (tertiary/aromatic N) is 4. The van der Waals surface area contributed by atoms with Crippen LogP contribution < -0.4 is 4.74 Å². The number of hydrogen-bond donors (Lipinski definition) is 0. The first-order chi connectivity index (χ1) is 17.2. The molecule has 5 aromatic rings. The second kappa shape index (κ2) is 7.94. The van der Waals surface area contributed by atoms with Crippen molar-refractivity contribution < 1.29 is 26.7 Å². The highest BCUT2D eigenvalue weighted by Crippen LogP contribution is 2.48. The number of fused-ring (bicyclic) bond motifs is 6. The van der Waals surface area contributed by atoms with Gasteiger partial charge in [-0.3, -0.25) is 9.69 Å². The van der Waals surface area contributed by atoms with Crippen molar-refractivity contribution in [3.05, 3.63) is 75.9 Å². The van der Waals surface area contributed by atoms with Gasteiger partial charge in [0.2, 0.25) is 0 Å². The molecule has 2 unspecified atom stereocenters. The van der Waals surface area contributed by atoms with Crippen molar-refractivity contribution in [1.82, 2.24) is 0 Å². The molecule has 0 N–H and O–H groups in total. The fourth-order valence-electron chi connectivity index (χ4n) is 4.46. The highest BCUT2D eigenvalue weighted by Gasteiger charge is 2.36. The van der Waals surface area contributed by atoms with Crippen LogP contribution in [-0.2, 0) is 0 Å². The molecule has 2 heterocycles. The number of furan rings is 2. The fraction of sp³-hybridized carbons (Fsp3) is 0.154. The van der Waals surface area contributed by atoms with E-state index >= 15 is 0 Å². The molecule has 10 heteroatoms. The predicted molar refractivity (Wildman–Crippen MR) is 122 cm³/mol. The standard InChI is InChI=1S/C26H11F3N4O3/c1-12-4-6-14-18(8-12)34-24-20(14)22(16(10-30)32-2)25-21(23(24)17(11-31)33-3)15-7-5-13(9-19(15)35-25)36-26(27,28)29/h4-9,16-17H,1H3. The van der Waals surface area contributed by atoms with Crippen molar-refractivity contribution >= 4 is 43.9 Å². The molecule has 3 aromatic carbocycles. The van der Waals surface area contributed by atoms with E-state index < -0.39 is 24.2 Å². The largest absolute Gasteiger partial charge is 0.573 e. The molecule has 0 radical (unpaired) electrons. The average Bonchev–Trinajstić information content (AvgIpc) is 3.38. The predicted octanol–water partition coefficient (Wildman–Crippen LogP) is 7.66. The molecule has 36 heavy (non-hydrogen) atoms. The van der Waals surface area contributed by atoms with Gasteiger partial charge in [-0.25, -0.2) is 13.1 Å². The van der Waals surface area contributed by atoms with Crippen molar-refractivity contribution in [2.24, 2.45) is 0 Å². The van der Waals surface area contributed by atoms with Gasteiger partial charge in [0, 0.05) is 27.6 Å². The van der Waals surface area contributed by atoms with Crippen molar-refractivity contribution in [3.8, 4) is 17.9 Å². The third-order valence-electron chi connectivity index (χ3n) is 5.82. The lowest BCUT2D eigenvalue weighted by molar-refractivity contribution is -0.274.